The lowest BCUT2D eigenvalue weighted by molar-refractivity contribution is -0.127. The van der Waals surface area contributed by atoms with Crippen LogP contribution in [0, 0.1) is 0 Å². The van der Waals surface area contributed by atoms with Gasteiger partial charge in [-0.3, -0.25) is 9.59 Å². The fourth-order valence-corrected chi connectivity index (χ4v) is 2.05. The minimum Gasteiger partial charge on any atom is -0.339 e. The maximum absolute atomic E-state index is 11.4. The minimum atomic E-state index is -0.289. The maximum Gasteiger partial charge on any atom is 0.248 e. The highest BCUT2D eigenvalue weighted by Gasteiger charge is 2.28. The molecule has 1 aliphatic heterocycles. The Labute approximate surface area is 106 Å². The van der Waals surface area contributed by atoms with E-state index < -0.39 is 0 Å². The number of nitrogens with one attached hydrogen (secondary N) is 1. The molecule has 0 aromatic carbocycles. The number of rotatable bonds is 3. The van der Waals surface area contributed by atoms with Crippen molar-refractivity contribution in [1.29, 1.82) is 0 Å². The lowest BCUT2D eigenvalue weighted by atomic mass is 10.1. The number of pyridine rings is 1. The number of anilines is 1. The number of likely N-dealkylation sites (tertiary alicyclic amines) is 1. The fourth-order valence-electron chi connectivity index (χ4n) is 2.05. The van der Waals surface area contributed by atoms with Crippen LogP contribution in [0.1, 0.15) is 24.4 Å². The van der Waals surface area contributed by atoms with Crippen molar-refractivity contribution in [3.8, 4) is 0 Å². The molecule has 1 N–H and O–H groups in total. The van der Waals surface area contributed by atoms with Crippen molar-refractivity contribution < 1.29 is 9.59 Å². The maximum atomic E-state index is 11.4. The van der Waals surface area contributed by atoms with Crippen molar-refractivity contribution in [3.63, 3.8) is 0 Å². The normalized spacial score (nSPS) is 18.8. The standard InChI is InChI=1S/C13H15N3O2/c1-3-12(17)15-11-6-4-9(8-14-11)10-5-7-13(18)16(10)2/h3-4,6,8,10H,1,5,7H2,2H3,(H,14,15,17). The molecule has 0 spiro atoms. The van der Waals surface area contributed by atoms with Crippen LogP contribution in [0.2, 0.25) is 0 Å². The van der Waals surface area contributed by atoms with Crippen LogP contribution in [0.25, 0.3) is 0 Å². The Bertz CT molecular complexity index is 482. The zero-order chi connectivity index (χ0) is 13.1. The second kappa shape index (κ2) is 5.00. The second-order valence-corrected chi connectivity index (χ2v) is 4.23. The highest BCUT2D eigenvalue weighted by Crippen LogP contribution is 2.30. The summed E-state index contributed by atoms with van der Waals surface area (Å²) in [6.07, 6.45) is 4.28. The van der Waals surface area contributed by atoms with E-state index in [0.29, 0.717) is 12.2 Å². The first-order chi connectivity index (χ1) is 8.61. The molecule has 1 aromatic heterocycles. The topological polar surface area (TPSA) is 62.3 Å². The average Bonchev–Trinajstić information content (AvgIpc) is 2.71. The highest BCUT2D eigenvalue weighted by atomic mass is 16.2. The van der Waals surface area contributed by atoms with E-state index in [1.54, 1.807) is 24.2 Å². The van der Waals surface area contributed by atoms with Crippen LogP contribution in [0.15, 0.2) is 31.0 Å². The van der Waals surface area contributed by atoms with Gasteiger partial charge in [0.25, 0.3) is 0 Å². The van der Waals surface area contributed by atoms with Gasteiger partial charge in [0.15, 0.2) is 0 Å². The van der Waals surface area contributed by atoms with E-state index in [-0.39, 0.29) is 17.9 Å². The molecule has 1 saturated heterocycles. The molecule has 1 unspecified atom stereocenters. The third kappa shape index (κ3) is 2.40. The molecular formula is C13H15N3O2. The smallest absolute Gasteiger partial charge is 0.248 e. The van der Waals surface area contributed by atoms with Crippen molar-refractivity contribution in [1.82, 2.24) is 9.88 Å². The van der Waals surface area contributed by atoms with Gasteiger partial charge in [0, 0.05) is 19.7 Å². The molecule has 0 saturated carbocycles. The minimum absolute atomic E-state index is 0.0918. The molecule has 0 aliphatic carbocycles. The monoisotopic (exact) mass is 245 g/mol. The van der Waals surface area contributed by atoms with Crippen molar-refractivity contribution in [3.05, 3.63) is 36.5 Å². The number of nitrogens with zero attached hydrogens (tertiary/aromatic N) is 2. The van der Waals surface area contributed by atoms with Crippen molar-refractivity contribution in [2.75, 3.05) is 12.4 Å². The van der Waals surface area contributed by atoms with Crippen LogP contribution in [0.3, 0.4) is 0 Å². The highest BCUT2D eigenvalue weighted by molar-refractivity contribution is 5.98. The third-order valence-corrected chi connectivity index (χ3v) is 3.10. The zero-order valence-corrected chi connectivity index (χ0v) is 10.2. The first-order valence-corrected chi connectivity index (χ1v) is 5.77. The van der Waals surface area contributed by atoms with Gasteiger partial charge in [0.2, 0.25) is 11.8 Å². The van der Waals surface area contributed by atoms with Gasteiger partial charge in [0.1, 0.15) is 5.82 Å². The van der Waals surface area contributed by atoms with Gasteiger partial charge < -0.3 is 10.2 Å². The van der Waals surface area contributed by atoms with E-state index in [2.05, 4.69) is 16.9 Å². The molecule has 0 bridgehead atoms. The predicted octanol–water partition coefficient (Wildman–Crippen LogP) is 1.50. The molecule has 1 aromatic rings. The van der Waals surface area contributed by atoms with Crippen LogP contribution in [0.5, 0.6) is 0 Å². The summed E-state index contributed by atoms with van der Waals surface area (Å²) < 4.78 is 0. The average molecular weight is 245 g/mol. The Morgan fingerprint density at radius 2 is 2.39 bits per heavy atom. The molecule has 18 heavy (non-hydrogen) atoms. The van der Waals surface area contributed by atoms with Crippen LogP contribution in [-0.2, 0) is 9.59 Å². The fraction of sp³-hybridized carbons (Fsp3) is 0.308. The van der Waals surface area contributed by atoms with E-state index in [4.69, 9.17) is 0 Å². The third-order valence-electron chi connectivity index (χ3n) is 3.10. The lowest BCUT2D eigenvalue weighted by Gasteiger charge is -2.19. The number of amides is 2. The molecular weight excluding hydrogens is 230 g/mol. The Kier molecular flexibility index (Phi) is 3.41. The summed E-state index contributed by atoms with van der Waals surface area (Å²) in [7, 11) is 1.80. The quantitative estimate of drug-likeness (QED) is 0.821. The first-order valence-electron chi connectivity index (χ1n) is 5.77. The van der Waals surface area contributed by atoms with E-state index in [0.717, 1.165) is 12.0 Å². The van der Waals surface area contributed by atoms with Crippen molar-refractivity contribution >= 4 is 17.6 Å². The molecule has 5 nitrogen and oxygen atoms in total. The summed E-state index contributed by atoms with van der Waals surface area (Å²) in [5.74, 6) is 0.350. The van der Waals surface area contributed by atoms with Gasteiger partial charge >= 0.3 is 0 Å². The van der Waals surface area contributed by atoms with E-state index >= 15 is 0 Å². The molecule has 5 heteroatoms. The zero-order valence-electron chi connectivity index (χ0n) is 10.2. The number of aromatic nitrogens is 1. The number of carbonyl (C=O) groups is 2. The summed E-state index contributed by atoms with van der Waals surface area (Å²) in [5, 5.41) is 2.58. The number of hydrogen-bond donors (Lipinski definition) is 1. The molecule has 2 heterocycles. The summed E-state index contributed by atoms with van der Waals surface area (Å²) in [6.45, 7) is 3.37. The van der Waals surface area contributed by atoms with Gasteiger partial charge in [-0.05, 0) is 24.1 Å². The van der Waals surface area contributed by atoms with Crippen LogP contribution < -0.4 is 5.32 Å². The lowest BCUT2D eigenvalue weighted by Crippen LogP contribution is -2.22. The van der Waals surface area contributed by atoms with E-state index in [1.807, 2.05) is 6.07 Å². The van der Waals surface area contributed by atoms with Crippen molar-refractivity contribution in [2.45, 2.75) is 18.9 Å². The SMILES string of the molecule is C=CC(=O)Nc1ccc(C2CCC(=O)N2C)cn1. The Morgan fingerprint density at radius 3 is 2.89 bits per heavy atom. The van der Waals surface area contributed by atoms with Crippen molar-refractivity contribution in [2.24, 2.45) is 0 Å². The van der Waals surface area contributed by atoms with Gasteiger partial charge in [-0.25, -0.2) is 4.98 Å². The Hall–Kier alpha value is -2.17. The van der Waals surface area contributed by atoms with Gasteiger partial charge in [-0.2, -0.15) is 0 Å². The van der Waals surface area contributed by atoms with Gasteiger partial charge in [-0.1, -0.05) is 12.6 Å². The molecule has 1 atom stereocenters. The number of carbonyl (C=O) groups excluding carboxylic acids is 2. The molecule has 0 radical (unpaired) electrons. The second-order valence-electron chi connectivity index (χ2n) is 4.23. The van der Waals surface area contributed by atoms with Crippen LogP contribution >= 0.6 is 0 Å². The van der Waals surface area contributed by atoms with Gasteiger partial charge in [-0.15, -0.1) is 0 Å². The summed E-state index contributed by atoms with van der Waals surface area (Å²) in [5.41, 5.74) is 0.986. The van der Waals surface area contributed by atoms with Crippen LogP contribution in [-0.4, -0.2) is 28.7 Å². The summed E-state index contributed by atoms with van der Waals surface area (Å²) >= 11 is 0. The first kappa shape index (κ1) is 12.3. The van der Waals surface area contributed by atoms with Crippen LogP contribution in [0.4, 0.5) is 5.82 Å². The largest absolute Gasteiger partial charge is 0.339 e. The summed E-state index contributed by atoms with van der Waals surface area (Å²) in [6, 6.07) is 3.70. The summed E-state index contributed by atoms with van der Waals surface area (Å²) in [4.78, 5) is 28.4. The number of hydrogen-bond acceptors (Lipinski definition) is 3. The Balaban J connectivity index is 2.10. The predicted molar refractivity (Wildman–Crippen MR) is 67.8 cm³/mol. The van der Waals surface area contributed by atoms with E-state index in [1.165, 1.54) is 6.08 Å². The molecule has 1 fully saturated rings. The molecule has 1 aliphatic rings. The molecule has 94 valence electrons. The van der Waals surface area contributed by atoms with E-state index in [9.17, 15) is 9.59 Å². The van der Waals surface area contributed by atoms with Gasteiger partial charge in [0.05, 0.1) is 6.04 Å². The Morgan fingerprint density at radius 1 is 1.61 bits per heavy atom. The molecule has 2 rings (SSSR count). The molecule has 2 amide bonds.